The summed E-state index contributed by atoms with van der Waals surface area (Å²) in [5.41, 5.74) is 0.748. The second kappa shape index (κ2) is 6.60. The van der Waals surface area contributed by atoms with Crippen LogP contribution in [0, 0.1) is 5.92 Å². The molecule has 1 saturated carbocycles. The van der Waals surface area contributed by atoms with Crippen molar-refractivity contribution in [1.82, 2.24) is 0 Å². The molecule has 1 unspecified atom stereocenters. The standard InChI is InChI=1S/C16H22O4S/c1-12-7-9-14(10-8-12)21(19,20)15(16(17)18)11-13-5-3-2-4-6-13/h2-6,12,14-15H,7-11H2,1H3,(H,17,18). The zero-order chi connectivity index (χ0) is 15.5. The molecule has 0 spiro atoms. The molecule has 1 fully saturated rings. The van der Waals surface area contributed by atoms with Crippen molar-refractivity contribution in [2.45, 2.75) is 49.5 Å². The second-order valence-electron chi connectivity index (χ2n) is 5.99. The van der Waals surface area contributed by atoms with Crippen LogP contribution < -0.4 is 0 Å². The smallest absolute Gasteiger partial charge is 0.322 e. The van der Waals surface area contributed by atoms with Crippen LogP contribution in [0.3, 0.4) is 0 Å². The van der Waals surface area contributed by atoms with Gasteiger partial charge in [0.1, 0.15) is 0 Å². The van der Waals surface area contributed by atoms with Crippen molar-refractivity contribution in [1.29, 1.82) is 0 Å². The maximum absolute atomic E-state index is 12.7. The predicted molar refractivity (Wildman–Crippen MR) is 81.9 cm³/mol. The van der Waals surface area contributed by atoms with E-state index in [0.717, 1.165) is 18.4 Å². The molecule has 1 atom stereocenters. The highest BCUT2D eigenvalue weighted by Gasteiger charge is 2.40. The van der Waals surface area contributed by atoms with Gasteiger partial charge in [0.2, 0.25) is 0 Å². The number of rotatable bonds is 5. The van der Waals surface area contributed by atoms with Crippen LogP contribution in [0.25, 0.3) is 0 Å². The molecule has 1 aliphatic rings. The molecular formula is C16H22O4S. The van der Waals surface area contributed by atoms with Gasteiger partial charge in [-0.25, -0.2) is 8.42 Å². The van der Waals surface area contributed by atoms with Crippen molar-refractivity contribution in [2.24, 2.45) is 5.92 Å². The fourth-order valence-corrected chi connectivity index (χ4v) is 5.06. The number of hydrogen-bond acceptors (Lipinski definition) is 3. The lowest BCUT2D eigenvalue weighted by Gasteiger charge is -2.28. The number of benzene rings is 1. The monoisotopic (exact) mass is 310 g/mol. The van der Waals surface area contributed by atoms with Crippen LogP contribution >= 0.6 is 0 Å². The van der Waals surface area contributed by atoms with E-state index in [4.69, 9.17) is 0 Å². The van der Waals surface area contributed by atoms with E-state index in [2.05, 4.69) is 6.92 Å². The Labute approximate surface area is 126 Å². The molecule has 1 aliphatic carbocycles. The Balaban J connectivity index is 2.19. The Hall–Kier alpha value is -1.36. The van der Waals surface area contributed by atoms with Crippen LogP contribution in [-0.2, 0) is 21.1 Å². The van der Waals surface area contributed by atoms with Gasteiger partial charge in [-0.1, -0.05) is 37.3 Å². The maximum Gasteiger partial charge on any atom is 0.322 e. The zero-order valence-corrected chi connectivity index (χ0v) is 13.1. The first-order valence-corrected chi connectivity index (χ1v) is 9.01. The number of carboxylic acid groups (broad SMARTS) is 1. The lowest BCUT2D eigenvalue weighted by atomic mass is 9.91. The lowest BCUT2D eigenvalue weighted by molar-refractivity contribution is -0.136. The summed E-state index contributed by atoms with van der Waals surface area (Å²) in [4.78, 5) is 11.5. The predicted octanol–water partition coefficient (Wildman–Crippen LogP) is 2.68. The minimum Gasteiger partial charge on any atom is -0.480 e. The first-order chi connectivity index (χ1) is 9.91. The Morgan fingerprint density at radius 2 is 1.76 bits per heavy atom. The van der Waals surface area contributed by atoms with E-state index in [1.807, 2.05) is 6.07 Å². The molecule has 5 heteroatoms. The third kappa shape index (κ3) is 3.84. The summed E-state index contributed by atoms with van der Waals surface area (Å²) < 4.78 is 25.3. The van der Waals surface area contributed by atoms with E-state index in [-0.39, 0.29) is 6.42 Å². The summed E-state index contributed by atoms with van der Waals surface area (Å²) in [6.07, 6.45) is 2.94. The molecule has 0 bridgehead atoms. The molecule has 1 aromatic rings. The summed E-state index contributed by atoms with van der Waals surface area (Å²) in [5.74, 6) is -0.702. The molecule has 1 N–H and O–H groups in total. The van der Waals surface area contributed by atoms with Crippen LogP contribution in [0.5, 0.6) is 0 Å². The van der Waals surface area contributed by atoms with Gasteiger partial charge in [-0.3, -0.25) is 4.79 Å². The molecule has 0 saturated heterocycles. The van der Waals surface area contributed by atoms with Crippen molar-refractivity contribution in [2.75, 3.05) is 0 Å². The highest BCUT2D eigenvalue weighted by atomic mass is 32.2. The summed E-state index contributed by atoms with van der Waals surface area (Å²) in [7, 11) is -3.64. The molecule has 4 nitrogen and oxygen atoms in total. The van der Waals surface area contributed by atoms with Gasteiger partial charge in [-0.05, 0) is 43.6 Å². The quantitative estimate of drug-likeness (QED) is 0.907. The van der Waals surface area contributed by atoms with E-state index in [0.29, 0.717) is 18.8 Å². The van der Waals surface area contributed by atoms with Crippen LogP contribution in [0.2, 0.25) is 0 Å². The molecule has 0 aliphatic heterocycles. The van der Waals surface area contributed by atoms with Gasteiger partial charge in [-0.15, -0.1) is 0 Å². The second-order valence-corrected chi connectivity index (χ2v) is 8.40. The molecule has 0 heterocycles. The van der Waals surface area contributed by atoms with Gasteiger partial charge < -0.3 is 5.11 Å². The minimum absolute atomic E-state index is 0.0462. The SMILES string of the molecule is CC1CCC(S(=O)(=O)C(Cc2ccccc2)C(=O)O)CC1. The highest BCUT2D eigenvalue weighted by Crippen LogP contribution is 2.30. The van der Waals surface area contributed by atoms with Crippen molar-refractivity contribution in [3.05, 3.63) is 35.9 Å². The largest absolute Gasteiger partial charge is 0.480 e. The number of sulfone groups is 1. The third-order valence-electron chi connectivity index (χ3n) is 4.36. The molecule has 0 radical (unpaired) electrons. The molecule has 116 valence electrons. The van der Waals surface area contributed by atoms with Crippen LogP contribution in [-0.4, -0.2) is 30.0 Å². The fraction of sp³-hybridized carbons (Fsp3) is 0.562. The lowest BCUT2D eigenvalue weighted by Crippen LogP contribution is -2.40. The Bertz CT molecular complexity index is 572. The Morgan fingerprint density at radius 1 is 1.19 bits per heavy atom. The van der Waals surface area contributed by atoms with Crippen LogP contribution in [0.1, 0.15) is 38.2 Å². The van der Waals surface area contributed by atoms with E-state index >= 15 is 0 Å². The average Bonchev–Trinajstić information content (AvgIpc) is 2.46. The van der Waals surface area contributed by atoms with E-state index in [1.54, 1.807) is 24.3 Å². The fourth-order valence-electron chi connectivity index (χ4n) is 2.96. The summed E-state index contributed by atoms with van der Waals surface area (Å²) >= 11 is 0. The van der Waals surface area contributed by atoms with Crippen molar-refractivity contribution in [3.8, 4) is 0 Å². The van der Waals surface area contributed by atoms with Gasteiger partial charge >= 0.3 is 5.97 Å². The number of aliphatic carboxylic acids is 1. The zero-order valence-electron chi connectivity index (χ0n) is 12.2. The molecule has 0 amide bonds. The highest BCUT2D eigenvalue weighted by molar-refractivity contribution is 7.93. The van der Waals surface area contributed by atoms with Crippen molar-refractivity contribution in [3.63, 3.8) is 0 Å². The van der Waals surface area contributed by atoms with Gasteiger partial charge in [0.05, 0.1) is 5.25 Å². The minimum atomic E-state index is -3.64. The average molecular weight is 310 g/mol. The first kappa shape index (κ1) is 16.0. The van der Waals surface area contributed by atoms with Crippen LogP contribution in [0.4, 0.5) is 0 Å². The van der Waals surface area contributed by atoms with Gasteiger partial charge in [0.25, 0.3) is 0 Å². The summed E-state index contributed by atoms with van der Waals surface area (Å²) in [5, 5.41) is 7.54. The summed E-state index contributed by atoms with van der Waals surface area (Å²) in [6.45, 7) is 2.11. The molecule has 0 aromatic heterocycles. The Morgan fingerprint density at radius 3 is 2.29 bits per heavy atom. The Kier molecular flexibility index (Phi) is 5.04. The van der Waals surface area contributed by atoms with Gasteiger partial charge in [0.15, 0.2) is 15.1 Å². The topological polar surface area (TPSA) is 71.4 Å². The van der Waals surface area contributed by atoms with E-state index < -0.39 is 26.3 Å². The normalized spacial score (nSPS) is 24.4. The first-order valence-electron chi connectivity index (χ1n) is 7.40. The van der Waals surface area contributed by atoms with Crippen molar-refractivity contribution < 1.29 is 18.3 Å². The molecule has 2 rings (SSSR count). The van der Waals surface area contributed by atoms with Gasteiger partial charge in [0, 0.05) is 0 Å². The third-order valence-corrected chi connectivity index (χ3v) is 6.93. The maximum atomic E-state index is 12.7. The number of carboxylic acids is 1. The molecular weight excluding hydrogens is 288 g/mol. The summed E-state index contributed by atoms with van der Waals surface area (Å²) in [6, 6.07) is 8.96. The number of carbonyl (C=O) groups is 1. The van der Waals surface area contributed by atoms with E-state index in [9.17, 15) is 18.3 Å². The van der Waals surface area contributed by atoms with Gasteiger partial charge in [-0.2, -0.15) is 0 Å². The van der Waals surface area contributed by atoms with Crippen molar-refractivity contribution >= 4 is 15.8 Å². The molecule has 21 heavy (non-hydrogen) atoms. The number of hydrogen-bond donors (Lipinski definition) is 1. The van der Waals surface area contributed by atoms with Crippen LogP contribution in [0.15, 0.2) is 30.3 Å². The van der Waals surface area contributed by atoms with E-state index in [1.165, 1.54) is 0 Å². The molecule has 1 aromatic carbocycles.